The summed E-state index contributed by atoms with van der Waals surface area (Å²) in [6, 6.07) is 0. The highest BCUT2D eigenvalue weighted by molar-refractivity contribution is 5.12. The Morgan fingerprint density at radius 1 is 1.50 bits per heavy atom. The molecule has 0 unspecified atom stereocenters. The van der Waals surface area contributed by atoms with Crippen molar-refractivity contribution in [1.82, 2.24) is 0 Å². The fraction of sp³-hybridized carbons (Fsp3) is 0.600. The van der Waals surface area contributed by atoms with Gasteiger partial charge < -0.3 is 5.73 Å². The molecule has 1 aliphatic rings. The molecule has 34 valence electrons. The minimum absolute atomic E-state index is 0.773. The Balaban J connectivity index is 1.90. The molecule has 1 aliphatic carbocycles. The molecule has 0 saturated heterocycles. The van der Waals surface area contributed by atoms with Gasteiger partial charge in [-0.1, -0.05) is 12.2 Å². The summed E-state index contributed by atoms with van der Waals surface area (Å²) >= 11 is 0. The minimum Gasteiger partial charge on any atom is -0.330 e. The highest BCUT2D eigenvalue weighted by atomic mass is 14.5. The van der Waals surface area contributed by atoms with Crippen LogP contribution < -0.4 is 5.73 Å². The van der Waals surface area contributed by atoms with E-state index in [9.17, 15) is 0 Å². The van der Waals surface area contributed by atoms with Gasteiger partial charge in [0.15, 0.2) is 0 Å². The first-order valence-electron chi connectivity index (χ1n) is 2.32. The maximum Gasteiger partial charge on any atom is -0.00411 e. The number of rotatable bonds is 2. The zero-order chi connectivity index (χ0) is 4.41. The van der Waals surface area contributed by atoms with Gasteiger partial charge in [0.2, 0.25) is 0 Å². The summed E-state index contributed by atoms with van der Waals surface area (Å²) in [4.78, 5) is 0. The maximum absolute atomic E-state index is 5.23. The van der Waals surface area contributed by atoms with E-state index in [4.69, 9.17) is 5.73 Å². The summed E-state index contributed by atoms with van der Waals surface area (Å²) in [5.41, 5.74) is 5.23. The first-order chi connectivity index (χ1) is 2.93. The predicted octanol–water partition coefficient (Wildman–Crippen LogP) is 0.521. The topological polar surface area (TPSA) is 26.0 Å². The number of nitrogens with two attached hydrogens (primary N) is 1. The molecule has 0 aromatic carbocycles. The standard InChI is InChI=1S/C5H9N/c6-4-3-5-1-2-5/h1-2,5H,3-4,6H2. The zero-order valence-electron chi connectivity index (χ0n) is 3.72. The molecular weight excluding hydrogens is 74.1 g/mol. The van der Waals surface area contributed by atoms with Crippen LogP contribution >= 0.6 is 0 Å². The lowest BCUT2D eigenvalue weighted by molar-refractivity contribution is 0.788. The third-order valence-electron chi connectivity index (χ3n) is 0.965. The van der Waals surface area contributed by atoms with Crippen molar-refractivity contribution in [2.24, 2.45) is 11.7 Å². The van der Waals surface area contributed by atoms with E-state index >= 15 is 0 Å². The molecule has 0 aliphatic heterocycles. The second-order valence-electron chi connectivity index (χ2n) is 1.63. The van der Waals surface area contributed by atoms with Crippen molar-refractivity contribution >= 4 is 0 Å². The first-order valence-corrected chi connectivity index (χ1v) is 2.32. The van der Waals surface area contributed by atoms with Crippen molar-refractivity contribution in [3.05, 3.63) is 12.2 Å². The van der Waals surface area contributed by atoms with Crippen molar-refractivity contribution in [2.45, 2.75) is 6.42 Å². The number of hydrogen-bond donors (Lipinski definition) is 1. The van der Waals surface area contributed by atoms with Gasteiger partial charge in [-0.25, -0.2) is 0 Å². The second kappa shape index (κ2) is 1.43. The Kier molecular flexibility index (Phi) is 0.926. The molecule has 0 fully saturated rings. The van der Waals surface area contributed by atoms with Gasteiger partial charge in [0.05, 0.1) is 0 Å². The van der Waals surface area contributed by atoms with Crippen molar-refractivity contribution in [3.63, 3.8) is 0 Å². The van der Waals surface area contributed by atoms with Gasteiger partial charge in [0.25, 0.3) is 0 Å². The molecule has 0 aromatic heterocycles. The molecule has 0 amide bonds. The van der Waals surface area contributed by atoms with Crippen LogP contribution in [0.15, 0.2) is 12.2 Å². The van der Waals surface area contributed by atoms with Gasteiger partial charge in [-0.15, -0.1) is 0 Å². The van der Waals surface area contributed by atoms with Crippen molar-refractivity contribution in [3.8, 4) is 0 Å². The van der Waals surface area contributed by atoms with Gasteiger partial charge in [0, 0.05) is 0 Å². The van der Waals surface area contributed by atoms with Crippen LogP contribution in [0.2, 0.25) is 0 Å². The normalized spacial score (nSPS) is 18.8. The zero-order valence-corrected chi connectivity index (χ0v) is 3.72. The highest BCUT2D eigenvalue weighted by Crippen LogP contribution is 2.17. The molecule has 1 nitrogen and oxygen atoms in total. The van der Waals surface area contributed by atoms with Gasteiger partial charge in [0.1, 0.15) is 0 Å². The molecular formula is C5H9N. The molecule has 0 atom stereocenters. The maximum atomic E-state index is 5.23. The van der Waals surface area contributed by atoms with Crippen LogP contribution in [0.1, 0.15) is 6.42 Å². The van der Waals surface area contributed by atoms with Crippen LogP contribution in [-0.2, 0) is 0 Å². The van der Waals surface area contributed by atoms with Crippen molar-refractivity contribution < 1.29 is 0 Å². The predicted molar refractivity (Wildman–Crippen MR) is 26.3 cm³/mol. The fourth-order valence-corrected chi connectivity index (χ4v) is 0.463. The summed E-state index contributed by atoms with van der Waals surface area (Å²) in [6.07, 6.45) is 5.50. The number of allylic oxidation sites excluding steroid dienone is 2. The number of hydrogen-bond acceptors (Lipinski definition) is 1. The van der Waals surface area contributed by atoms with E-state index in [1.165, 1.54) is 0 Å². The van der Waals surface area contributed by atoms with Crippen molar-refractivity contribution in [2.75, 3.05) is 6.54 Å². The van der Waals surface area contributed by atoms with Gasteiger partial charge >= 0.3 is 0 Å². The molecule has 0 saturated carbocycles. The summed E-state index contributed by atoms with van der Waals surface area (Å²) < 4.78 is 0. The van der Waals surface area contributed by atoms with Crippen LogP contribution in [0.3, 0.4) is 0 Å². The Hall–Kier alpha value is -0.300. The molecule has 0 bridgehead atoms. The summed E-state index contributed by atoms with van der Waals surface area (Å²) in [5.74, 6) is 0.773. The average Bonchev–Trinajstić information content (AvgIpc) is 2.21. The molecule has 0 spiro atoms. The van der Waals surface area contributed by atoms with Crippen molar-refractivity contribution in [1.29, 1.82) is 0 Å². The molecule has 1 heteroatoms. The largest absolute Gasteiger partial charge is 0.330 e. The minimum atomic E-state index is 0.773. The lowest BCUT2D eigenvalue weighted by Crippen LogP contribution is -1.98. The third-order valence-corrected chi connectivity index (χ3v) is 0.965. The van der Waals surface area contributed by atoms with E-state index in [1.807, 2.05) is 0 Å². The van der Waals surface area contributed by atoms with E-state index in [2.05, 4.69) is 12.2 Å². The Morgan fingerprint density at radius 3 is 2.33 bits per heavy atom. The molecule has 2 N–H and O–H groups in total. The third kappa shape index (κ3) is 0.830. The fourth-order valence-electron chi connectivity index (χ4n) is 0.463. The summed E-state index contributed by atoms with van der Waals surface area (Å²) in [7, 11) is 0. The lowest BCUT2D eigenvalue weighted by atomic mass is 10.3. The van der Waals surface area contributed by atoms with Crippen LogP contribution in [0.25, 0.3) is 0 Å². The molecule has 0 radical (unpaired) electrons. The highest BCUT2D eigenvalue weighted by Gasteiger charge is 2.06. The van der Waals surface area contributed by atoms with E-state index < -0.39 is 0 Å². The Bertz CT molecular complexity index is 60.3. The van der Waals surface area contributed by atoms with Crippen LogP contribution in [0, 0.1) is 5.92 Å². The summed E-state index contributed by atoms with van der Waals surface area (Å²) in [6.45, 7) is 0.831. The molecule has 6 heavy (non-hydrogen) atoms. The SMILES string of the molecule is NCCC1C=C1. The Morgan fingerprint density at radius 2 is 2.17 bits per heavy atom. The van der Waals surface area contributed by atoms with Crippen LogP contribution in [0.4, 0.5) is 0 Å². The Labute approximate surface area is 37.8 Å². The molecule has 0 heterocycles. The summed E-state index contributed by atoms with van der Waals surface area (Å²) in [5, 5.41) is 0. The molecule has 1 rings (SSSR count). The van der Waals surface area contributed by atoms with Crippen LogP contribution in [-0.4, -0.2) is 6.54 Å². The molecule has 0 aromatic rings. The smallest absolute Gasteiger partial charge is 0.00411 e. The van der Waals surface area contributed by atoms with E-state index in [0.717, 1.165) is 18.9 Å². The van der Waals surface area contributed by atoms with E-state index in [-0.39, 0.29) is 0 Å². The average molecular weight is 83.1 g/mol. The quantitative estimate of drug-likeness (QED) is 0.484. The monoisotopic (exact) mass is 83.1 g/mol. The van der Waals surface area contributed by atoms with Crippen LogP contribution in [0.5, 0.6) is 0 Å². The lowest BCUT2D eigenvalue weighted by Gasteiger charge is -1.85. The van der Waals surface area contributed by atoms with E-state index in [1.54, 1.807) is 0 Å². The second-order valence-corrected chi connectivity index (χ2v) is 1.63. The van der Waals surface area contributed by atoms with E-state index in [0.29, 0.717) is 0 Å². The van der Waals surface area contributed by atoms with Gasteiger partial charge in [-0.2, -0.15) is 0 Å². The first kappa shape index (κ1) is 3.88. The van der Waals surface area contributed by atoms with Gasteiger partial charge in [-0.3, -0.25) is 0 Å². The van der Waals surface area contributed by atoms with Gasteiger partial charge in [-0.05, 0) is 18.9 Å².